The minimum Gasteiger partial charge on any atom is -0.691 e. The smallest absolute Gasteiger partial charge is 0.150 e. The van der Waals surface area contributed by atoms with Gasteiger partial charge in [-0.3, -0.25) is 5.04 Å². The number of rotatable bonds is 17. The maximum absolute atomic E-state index is 9.53. The Kier molecular flexibility index (Phi) is 23.7. The van der Waals surface area contributed by atoms with Gasteiger partial charge in [-0.15, -0.1) is 0 Å². The van der Waals surface area contributed by atoms with Crippen molar-refractivity contribution >= 4 is 24.7 Å². The SMILES string of the molecule is CCCCCCCCCCCCCCCCSOO[O-].[SH2+]c1ccccc1. The third-order valence-corrected chi connectivity index (χ3v) is 5.37. The van der Waals surface area contributed by atoms with Crippen LogP contribution in [0.5, 0.6) is 0 Å². The first-order chi connectivity index (χ1) is 13.3. The van der Waals surface area contributed by atoms with Crippen LogP contribution in [0, 0.1) is 0 Å². The van der Waals surface area contributed by atoms with Crippen molar-refractivity contribution in [3.63, 3.8) is 0 Å². The zero-order valence-electron chi connectivity index (χ0n) is 17.1. The Morgan fingerprint density at radius 3 is 1.56 bits per heavy atom. The molecular formula is C22H40O3S2. The van der Waals surface area contributed by atoms with E-state index in [-0.39, 0.29) is 0 Å². The van der Waals surface area contributed by atoms with Crippen LogP contribution < -0.4 is 5.26 Å². The zero-order valence-corrected chi connectivity index (χ0v) is 18.9. The van der Waals surface area contributed by atoms with Crippen molar-refractivity contribution in [2.75, 3.05) is 5.75 Å². The topological polar surface area (TPSA) is 41.5 Å². The maximum Gasteiger partial charge on any atom is 0.150 e. The third kappa shape index (κ3) is 23.8. The lowest BCUT2D eigenvalue weighted by Gasteiger charge is -2.04. The lowest BCUT2D eigenvalue weighted by molar-refractivity contribution is -0.777. The molecule has 0 saturated heterocycles. The van der Waals surface area contributed by atoms with Crippen molar-refractivity contribution in [3.8, 4) is 0 Å². The molecule has 0 bridgehead atoms. The summed E-state index contributed by atoms with van der Waals surface area (Å²) >= 11 is 4.46. The van der Waals surface area contributed by atoms with Gasteiger partial charge in [-0.1, -0.05) is 109 Å². The normalized spacial score (nSPS) is 10.5. The van der Waals surface area contributed by atoms with Gasteiger partial charge in [-0.25, -0.2) is 0 Å². The fraction of sp³-hybridized carbons (Fsp3) is 0.727. The molecule has 3 nitrogen and oxygen atoms in total. The molecule has 27 heavy (non-hydrogen) atoms. The number of benzene rings is 1. The van der Waals surface area contributed by atoms with E-state index in [0.717, 1.165) is 29.1 Å². The summed E-state index contributed by atoms with van der Waals surface area (Å²) in [6.45, 7) is 2.27. The van der Waals surface area contributed by atoms with Crippen LogP contribution in [0.3, 0.4) is 0 Å². The highest BCUT2D eigenvalue weighted by molar-refractivity contribution is 7.94. The average Bonchev–Trinajstić information content (AvgIpc) is 2.69. The molecule has 0 aromatic heterocycles. The van der Waals surface area contributed by atoms with Gasteiger partial charge in [0.25, 0.3) is 0 Å². The van der Waals surface area contributed by atoms with Crippen molar-refractivity contribution in [1.29, 1.82) is 0 Å². The molecule has 0 amide bonds. The van der Waals surface area contributed by atoms with Crippen LogP contribution >= 0.6 is 12.0 Å². The van der Waals surface area contributed by atoms with E-state index >= 15 is 0 Å². The van der Waals surface area contributed by atoms with Gasteiger partial charge >= 0.3 is 0 Å². The Hall–Kier alpha value is -0.200. The lowest BCUT2D eigenvalue weighted by Crippen LogP contribution is -2.01. The molecule has 0 saturated carbocycles. The second-order valence-corrected chi connectivity index (χ2v) is 8.28. The van der Waals surface area contributed by atoms with Crippen molar-refractivity contribution in [2.45, 2.75) is 102 Å². The van der Waals surface area contributed by atoms with Crippen molar-refractivity contribution in [3.05, 3.63) is 30.3 Å². The average molecular weight is 417 g/mol. The van der Waals surface area contributed by atoms with Crippen molar-refractivity contribution in [1.82, 2.24) is 0 Å². The molecule has 0 aliphatic heterocycles. The Bertz CT molecular complexity index is 359. The third-order valence-electron chi connectivity index (χ3n) is 4.43. The molecule has 0 aliphatic rings. The van der Waals surface area contributed by atoms with Gasteiger partial charge in [0, 0.05) is 17.8 Å². The van der Waals surface area contributed by atoms with Gasteiger partial charge in [0.2, 0.25) is 0 Å². The van der Waals surface area contributed by atoms with Crippen LogP contribution in [-0.2, 0) is 22.0 Å². The summed E-state index contributed by atoms with van der Waals surface area (Å²) in [6, 6.07) is 9.96. The zero-order chi connectivity index (χ0) is 19.8. The summed E-state index contributed by atoms with van der Waals surface area (Å²) in [5, 5.41) is 12.8. The molecule has 0 N–H and O–H groups in total. The van der Waals surface area contributed by atoms with E-state index in [9.17, 15) is 5.26 Å². The van der Waals surface area contributed by atoms with E-state index in [4.69, 9.17) is 0 Å². The fourth-order valence-electron chi connectivity index (χ4n) is 2.85. The highest BCUT2D eigenvalue weighted by Crippen LogP contribution is 2.14. The monoisotopic (exact) mass is 416 g/mol. The largest absolute Gasteiger partial charge is 0.691 e. The summed E-state index contributed by atoms with van der Waals surface area (Å²) in [5.41, 5.74) is 0. The van der Waals surface area contributed by atoms with Crippen LogP contribution in [-0.4, -0.2) is 5.75 Å². The van der Waals surface area contributed by atoms with E-state index in [1.807, 2.05) is 30.3 Å². The molecule has 1 aromatic rings. The van der Waals surface area contributed by atoms with E-state index in [0.29, 0.717) is 0 Å². The summed E-state index contributed by atoms with van der Waals surface area (Å²) in [7, 11) is 0. The molecule has 0 spiro atoms. The molecule has 158 valence electrons. The summed E-state index contributed by atoms with van der Waals surface area (Å²) in [5.74, 6) is 0.847. The first-order valence-corrected chi connectivity index (χ1v) is 12.1. The fourth-order valence-corrected chi connectivity index (χ4v) is 3.47. The summed E-state index contributed by atoms with van der Waals surface area (Å²) < 4.78 is 4.21. The molecule has 5 heteroatoms. The van der Waals surface area contributed by atoms with Crippen molar-refractivity contribution in [2.24, 2.45) is 0 Å². The predicted molar refractivity (Wildman–Crippen MR) is 120 cm³/mol. The van der Waals surface area contributed by atoms with Crippen LogP contribution in [0.25, 0.3) is 0 Å². The van der Waals surface area contributed by atoms with Gasteiger partial charge in [-0.2, -0.15) is 4.33 Å². The first kappa shape index (κ1) is 26.8. The van der Waals surface area contributed by atoms with Crippen molar-refractivity contribution < 1.29 is 14.6 Å². The highest BCUT2D eigenvalue weighted by Gasteiger charge is 1.94. The Morgan fingerprint density at radius 1 is 0.741 bits per heavy atom. The Balaban J connectivity index is 0.000000797. The molecular weight excluding hydrogens is 376 g/mol. The Morgan fingerprint density at radius 2 is 1.19 bits per heavy atom. The Labute approximate surface area is 177 Å². The van der Waals surface area contributed by atoms with E-state index in [1.165, 1.54) is 83.5 Å². The minimum absolute atomic E-state index is 0.847. The van der Waals surface area contributed by atoms with Gasteiger partial charge in [0.05, 0.1) is 0 Å². The van der Waals surface area contributed by atoms with Gasteiger partial charge in [0.15, 0.2) is 0 Å². The molecule has 0 aliphatic carbocycles. The standard InChI is InChI=1S/C16H34O3S.C6H6S/c1-2-3-4-5-6-7-8-9-10-11-12-13-14-15-16-20-19-18-17;7-6-4-2-1-3-5-6/h17H,2-16H2,1H3;1-5,7H. The molecule has 1 aromatic carbocycles. The number of unbranched alkanes of at least 4 members (excludes halogenated alkanes) is 13. The predicted octanol–water partition coefficient (Wildman–Crippen LogP) is 6.40. The molecule has 0 fully saturated rings. The van der Waals surface area contributed by atoms with E-state index in [1.54, 1.807) is 0 Å². The van der Waals surface area contributed by atoms with Gasteiger partial charge in [0.1, 0.15) is 4.90 Å². The van der Waals surface area contributed by atoms with Gasteiger partial charge < -0.3 is 5.26 Å². The molecule has 0 heterocycles. The lowest BCUT2D eigenvalue weighted by atomic mass is 10.0. The van der Waals surface area contributed by atoms with Crippen LogP contribution in [0.1, 0.15) is 96.8 Å². The van der Waals surface area contributed by atoms with Crippen LogP contribution in [0.15, 0.2) is 35.2 Å². The van der Waals surface area contributed by atoms with E-state index < -0.39 is 0 Å². The van der Waals surface area contributed by atoms with E-state index in [2.05, 4.69) is 28.9 Å². The molecule has 0 radical (unpaired) electrons. The maximum atomic E-state index is 9.53. The second-order valence-electron chi connectivity index (χ2n) is 6.92. The highest BCUT2D eigenvalue weighted by atomic mass is 32.2. The molecule has 1 rings (SSSR count). The quantitative estimate of drug-likeness (QED) is 0.0969. The molecule has 0 unspecified atom stereocenters. The first-order valence-electron chi connectivity index (χ1n) is 10.7. The summed E-state index contributed by atoms with van der Waals surface area (Å²) in [4.78, 5) is 1.13. The van der Waals surface area contributed by atoms with Gasteiger partial charge in [-0.05, 0) is 31.2 Å². The number of hydrogen-bond acceptors (Lipinski definition) is 4. The minimum atomic E-state index is 0.847. The van der Waals surface area contributed by atoms with Crippen LogP contribution in [0.2, 0.25) is 0 Å². The van der Waals surface area contributed by atoms with Crippen LogP contribution in [0.4, 0.5) is 0 Å². The second kappa shape index (κ2) is 23.8. The molecule has 0 atom stereocenters. The summed E-state index contributed by atoms with van der Waals surface area (Å²) in [6.07, 6.45) is 19.1. The number of hydrogen-bond donors (Lipinski definition) is 0.